The lowest BCUT2D eigenvalue weighted by molar-refractivity contribution is 0.174. The van der Waals surface area contributed by atoms with Gasteiger partial charge in [-0.05, 0) is 37.1 Å². The number of nitrogens with one attached hydrogen (secondary N) is 2. The van der Waals surface area contributed by atoms with Gasteiger partial charge >= 0.3 is 0 Å². The van der Waals surface area contributed by atoms with E-state index in [2.05, 4.69) is 44.3 Å². The predicted molar refractivity (Wildman–Crippen MR) is 102 cm³/mol. The van der Waals surface area contributed by atoms with Gasteiger partial charge in [-0.1, -0.05) is 6.07 Å². The molecule has 0 saturated carbocycles. The number of aromatic nitrogens is 5. The van der Waals surface area contributed by atoms with Crippen LogP contribution in [0.5, 0.6) is 11.5 Å². The number of nitrogens with zero attached hydrogens (tertiary/aromatic N) is 4. The molecule has 2 N–H and O–H groups in total. The highest BCUT2D eigenvalue weighted by Crippen LogP contribution is 2.35. The zero-order valence-electron chi connectivity index (χ0n) is 14.7. The summed E-state index contributed by atoms with van der Waals surface area (Å²) in [5, 5.41) is 11.3. The van der Waals surface area contributed by atoms with Gasteiger partial charge < -0.3 is 14.8 Å². The van der Waals surface area contributed by atoms with E-state index in [0.29, 0.717) is 18.2 Å². The van der Waals surface area contributed by atoms with Gasteiger partial charge in [0.2, 0.25) is 18.4 Å². The Hall–Kier alpha value is -3.20. The SMILES string of the molecule is Cc1sc2nc(-c3nc[nH]n3)nc(NCc3ccc4c(c3)OCO4)c2c1C. The number of hydrogen-bond donors (Lipinski definition) is 2. The molecule has 0 fully saturated rings. The largest absolute Gasteiger partial charge is 0.454 e. The van der Waals surface area contributed by atoms with Crippen LogP contribution in [0.25, 0.3) is 21.9 Å². The van der Waals surface area contributed by atoms with Crippen LogP contribution in [0.15, 0.2) is 24.5 Å². The van der Waals surface area contributed by atoms with Gasteiger partial charge in [0.25, 0.3) is 0 Å². The fourth-order valence-corrected chi connectivity index (χ4v) is 4.06. The van der Waals surface area contributed by atoms with Crippen LogP contribution in [0.4, 0.5) is 5.82 Å². The Morgan fingerprint density at radius 1 is 1.15 bits per heavy atom. The quantitative estimate of drug-likeness (QED) is 0.560. The first kappa shape index (κ1) is 16.0. The molecule has 8 nitrogen and oxygen atoms in total. The van der Waals surface area contributed by atoms with Crippen LogP contribution < -0.4 is 14.8 Å². The number of hydrogen-bond acceptors (Lipinski definition) is 8. The van der Waals surface area contributed by atoms with Crippen molar-refractivity contribution in [2.24, 2.45) is 0 Å². The number of thiophene rings is 1. The molecule has 1 aromatic carbocycles. The number of aromatic amines is 1. The van der Waals surface area contributed by atoms with E-state index in [-0.39, 0.29) is 6.79 Å². The normalized spacial score (nSPS) is 12.7. The van der Waals surface area contributed by atoms with Crippen molar-refractivity contribution in [3.8, 4) is 23.1 Å². The van der Waals surface area contributed by atoms with Crippen LogP contribution in [0.3, 0.4) is 0 Å². The Bertz CT molecular complexity index is 1140. The fraction of sp³-hybridized carbons (Fsp3) is 0.222. The minimum atomic E-state index is 0.270. The van der Waals surface area contributed by atoms with Gasteiger partial charge in [-0.3, -0.25) is 5.10 Å². The molecule has 4 heterocycles. The summed E-state index contributed by atoms with van der Waals surface area (Å²) >= 11 is 1.65. The molecule has 0 radical (unpaired) electrons. The molecular formula is C18H16N6O2S. The van der Waals surface area contributed by atoms with Crippen molar-refractivity contribution < 1.29 is 9.47 Å². The summed E-state index contributed by atoms with van der Waals surface area (Å²) in [6.45, 7) is 5.06. The maximum Gasteiger partial charge on any atom is 0.231 e. The monoisotopic (exact) mass is 380 g/mol. The van der Waals surface area contributed by atoms with Crippen LogP contribution in [-0.2, 0) is 6.54 Å². The molecule has 0 bridgehead atoms. The number of aryl methyl sites for hydroxylation is 2. The van der Waals surface area contributed by atoms with E-state index in [1.165, 1.54) is 16.8 Å². The number of benzene rings is 1. The topological polar surface area (TPSA) is 97.8 Å². The average molecular weight is 380 g/mol. The van der Waals surface area contributed by atoms with Gasteiger partial charge in [0.05, 0.1) is 5.39 Å². The summed E-state index contributed by atoms with van der Waals surface area (Å²) in [5.41, 5.74) is 2.26. The van der Waals surface area contributed by atoms with Crippen molar-refractivity contribution in [3.05, 3.63) is 40.5 Å². The number of fused-ring (bicyclic) bond motifs is 2. The summed E-state index contributed by atoms with van der Waals surface area (Å²) in [6, 6.07) is 5.92. The van der Waals surface area contributed by atoms with E-state index in [4.69, 9.17) is 9.47 Å². The number of anilines is 1. The lowest BCUT2D eigenvalue weighted by Gasteiger charge is -2.09. The van der Waals surface area contributed by atoms with Crippen molar-refractivity contribution >= 4 is 27.4 Å². The molecular weight excluding hydrogens is 364 g/mol. The maximum absolute atomic E-state index is 5.46. The predicted octanol–water partition coefficient (Wildman–Crippen LogP) is 3.43. The summed E-state index contributed by atoms with van der Waals surface area (Å²) in [5.74, 6) is 3.30. The van der Waals surface area contributed by atoms with Crippen molar-refractivity contribution in [3.63, 3.8) is 0 Å². The maximum atomic E-state index is 5.46. The first-order valence-corrected chi connectivity index (χ1v) is 9.27. The van der Waals surface area contributed by atoms with Gasteiger partial charge in [-0.2, -0.15) is 5.10 Å². The molecule has 0 saturated heterocycles. The molecule has 9 heteroatoms. The van der Waals surface area contributed by atoms with Crippen LogP contribution in [0.1, 0.15) is 16.0 Å². The minimum absolute atomic E-state index is 0.270. The Kier molecular flexibility index (Phi) is 3.68. The summed E-state index contributed by atoms with van der Waals surface area (Å²) < 4.78 is 10.8. The van der Waals surface area contributed by atoms with Crippen molar-refractivity contribution in [2.45, 2.75) is 20.4 Å². The van der Waals surface area contributed by atoms with E-state index in [0.717, 1.165) is 33.1 Å². The van der Waals surface area contributed by atoms with Crippen molar-refractivity contribution in [2.75, 3.05) is 12.1 Å². The number of H-pyrrole nitrogens is 1. The van der Waals surface area contributed by atoms with E-state index < -0.39 is 0 Å². The van der Waals surface area contributed by atoms with Gasteiger partial charge in [0.1, 0.15) is 17.0 Å². The highest BCUT2D eigenvalue weighted by molar-refractivity contribution is 7.18. The third-order valence-electron chi connectivity index (χ3n) is 4.54. The number of ether oxygens (including phenoxy) is 2. The molecule has 4 aromatic rings. The summed E-state index contributed by atoms with van der Waals surface area (Å²) in [6.07, 6.45) is 1.52. The van der Waals surface area contributed by atoms with Gasteiger partial charge in [0, 0.05) is 11.4 Å². The molecule has 136 valence electrons. The molecule has 0 spiro atoms. The molecule has 0 amide bonds. The van der Waals surface area contributed by atoms with Crippen LogP contribution in [-0.4, -0.2) is 31.9 Å². The van der Waals surface area contributed by atoms with E-state index in [1.54, 1.807) is 11.3 Å². The molecule has 0 aliphatic carbocycles. The van der Waals surface area contributed by atoms with E-state index >= 15 is 0 Å². The molecule has 0 atom stereocenters. The Morgan fingerprint density at radius 3 is 2.89 bits per heavy atom. The summed E-state index contributed by atoms with van der Waals surface area (Å²) in [4.78, 5) is 15.7. The lowest BCUT2D eigenvalue weighted by atomic mass is 10.2. The zero-order valence-corrected chi connectivity index (χ0v) is 15.6. The van der Waals surface area contributed by atoms with Crippen LogP contribution in [0.2, 0.25) is 0 Å². The second kappa shape index (κ2) is 6.20. The van der Waals surface area contributed by atoms with E-state index in [9.17, 15) is 0 Å². The zero-order chi connectivity index (χ0) is 18.4. The second-order valence-corrected chi connectivity index (χ2v) is 7.43. The highest BCUT2D eigenvalue weighted by Gasteiger charge is 2.18. The molecule has 5 rings (SSSR count). The Balaban J connectivity index is 1.53. The summed E-state index contributed by atoms with van der Waals surface area (Å²) in [7, 11) is 0. The van der Waals surface area contributed by atoms with Gasteiger partial charge in [-0.25, -0.2) is 15.0 Å². The Labute approximate surface area is 158 Å². The lowest BCUT2D eigenvalue weighted by Crippen LogP contribution is -2.04. The van der Waals surface area contributed by atoms with Gasteiger partial charge in [-0.15, -0.1) is 11.3 Å². The molecule has 1 aliphatic rings. The number of rotatable bonds is 4. The van der Waals surface area contributed by atoms with Gasteiger partial charge in [0.15, 0.2) is 11.5 Å². The van der Waals surface area contributed by atoms with Crippen LogP contribution >= 0.6 is 11.3 Å². The highest BCUT2D eigenvalue weighted by atomic mass is 32.1. The standard InChI is InChI=1S/C18H16N6O2S/c1-9-10(2)27-18-14(9)15(22-17(23-18)16-20-7-21-24-16)19-6-11-3-4-12-13(5-11)26-8-25-12/h3-5,7H,6,8H2,1-2H3,(H,19,22,23)(H,20,21,24). The van der Waals surface area contributed by atoms with Crippen molar-refractivity contribution in [1.82, 2.24) is 25.1 Å². The average Bonchev–Trinajstić information content (AvgIpc) is 3.40. The fourth-order valence-electron chi connectivity index (χ4n) is 3.03. The first-order valence-electron chi connectivity index (χ1n) is 8.45. The third kappa shape index (κ3) is 2.76. The van der Waals surface area contributed by atoms with E-state index in [1.807, 2.05) is 18.2 Å². The molecule has 1 aliphatic heterocycles. The molecule has 27 heavy (non-hydrogen) atoms. The molecule has 3 aromatic heterocycles. The second-order valence-electron chi connectivity index (χ2n) is 6.22. The Morgan fingerprint density at radius 2 is 2.04 bits per heavy atom. The molecule has 0 unspecified atom stereocenters. The third-order valence-corrected chi connectivity index (χ3v) is 5.64. The smallest absolute Gasteiger partial charge is 0.231 e. The van der Waals surface area contributed by atoms with Crippen molar-refractivity contribution in [1.29, 1.82) is 0 Å². The van der Waals surface area contributed by atoms with Crippen LogP contribution in [0, 0.1) is 13.8 Å². The first-order chi connectivity index (χ1) is 13.2. The minimum Gasteiger partial charge on any atom is -0.454 e.